The van der Waals surface area contributed by atoms with Crippen molar-refractivity contribution in [3.05, 3.63) is 89.5 Å². The molecule has 1 aliphatic heterocycles. The molecular weight excluding hydrogens is 422 g/mol. The summed E-state index contributed by atoms with van der Waals surface area (Å²) in [7, 11) is -2.24. The second-order valence-corrected chi connectivity index (χ2v) is 10.3. The fraction of sp³-hybridized carbons (Fsp3) is 0.231. The molecule has 0 fully saturated rings. The van der Waals surface area contributed by atoms with Crippen molar-refractivity contribution < 1.29 is 17.9 Å². The van der Waals surface area contributed by atoms with Gasteiger partial charge in [0.2, 0.25) is 0 Å². The first-order valence-electron chi connectivity index (χ1n) is 10.4. The third kappa shape index (κ3) is 4.36. The molecule has 3 aromatic carbocycles. The van der Waals surface area contributed by atoms with E-state index in [0.29, 0.717) is 11.4 Å². The first-order chi connectivity index (χ1) is 15.2. The Morgan fingerprint density at radius 1 is 1.00 bits per heavy atom. The Balaban J connectivity index is 1.74. The number of anilines is 1. The zero-order valence-corrected chi connectivity index (χ0v) is 19.5. The summed E-state index contributed by atoms with van der Waals surface area (Å²) in [5.74, 6) is 1.45. The van der Waals surface area contributed by atoms with Crippen molar-refractivity contribution in [1.82, 2.24) is 0 Å². The number of para-hydroxylation sites is 1. The van der Waals surface area contributed by atoms with E-state index in [2.05, 4.69) is 0 Å². The maximum absolute atomic E-state index is 13.7. The topological polar surface area (TPSA) is 55.8 Å². The summed E-state index contributed by atoms with van der Waals surface area (Å²) in [6.07, 6.45) is 4.03. The van der Waals surface area contributed by atoms with Gasteiger partial charge in [-0.25, -0.2) is 8.42 Å². The van der Waals surface area contributed by atoms with Crippen LogP contribution in [0.5, 0.6) is 11.5 Å². The highest BCUT2D eigenvalue weighted by Crippen LogP contribution is 2.33. The molecule has 0 N–H and O–H groups in total. The molecule has 0 bridgehead atoms. The van der Waals surface area contributed by atoms with E-state index >= 15 is 0 Å². The molecule has 32 heavy (non-hydrogen) atoms. The van der Waals surface area contributed by atoms with Crippen LogP contribution in [0.4, 0.5) is 5.69 Å². The first-order valence-corrected chi connectivity index (χ1v) is 11.9. The van der Waals surface area contributed by atoms with Crippen LogP contribution in [0.25, 0.3) is 6.08 Å². The van der Waals surface area contributed by atoms with Crippen molar-refractivity contribution in [2.75, 3.05) is 11.4 Å². The number of rotatable bonds is 6. The van der Waals surface area contributed by atoms with Crippen LogP contribution >= 0.6 is 0 Å². The molecule has 0 saturated carbocycles. The average Bonchev–Trinajstić information content (AvgIpc) is 2.77. The minimum absolute atomic E-state index is 0.196. The van der Waals surface area contributed by atoms with Gasteiger partial charge in [-0.05, 0) is 80.4 Å². The second kappa shape index (κ2) is 8.36. The fourth-order valence-corrected chi connectivity index (χ4v) is 5.28. The normalized spacial score (nSPS) is 14.4. The average molecular weight is 450 g/mol. The molecule has 0 unspecified atom stereocenters. The van der Waals surface area contributed by atoms with Crippen molar-refractivity contribution in [2.45, 2.75) is 37.8 Å². The highest BCUT2D eigenvalue weighted by Gasteiger charge is 2.27. The van der Waals surface area contributed by atoms with Gasteiger partial charge in [0, 0.05) is 5.56 Å². The van der Waals surface area contributed by atoms with Gasteiger partial charge in [-0.15, -0.1) is 0 Å². The molecule has 0 saturated heterocycles. The summed E-state index contributed by atoms with van der Waals surface area (Å²) < 4.78 is 40.2. The lowest BCUT2D eigenvalue weighted by Gasteiger charge is -2.29. The van der Waals surface area contributed by atoms with Gasteiger partial charge >= 0.3 is 0 Å². The summed E-state index contributed by atoms with van der Waals surface area (Å²) in [5.41, 5.74) is 2.81. The summed E-state index contributed by atoms with van der Waals surface area (Å²) >= 11 is 0. The predicted molar refractivity (Wildman–Crippen MR) is 128 cm³/mol. The Labute approximate surface area is 190 Å². The van der Waals surface area contributed by atoms with Crippen LogP contribution < -0.4 is 13.8 Å². The van der Waals surface area contributed by atoms with Crippen LogP contribution in [0, 0.1) is 6.92 Å². The van der Waals surface area contributed by atoms with Gasteiger partial charge in [0.05, 0.1) is 24.2 Å². The van der Waals surface area contributed by atoms with Crippen LogP contribution in [0.1, 0.15) is 30.5 Å². The predicted octanol–water partition coefficient (Wildman–Crippen LogP) is 5.58. The van der Waals surface area contributed by atoms with E-state index in [0.717, 1.165) is 22.4 Å². The number of sulfonamides is 1. The summed E-state index contributed by atoms with van der Waals surface area (Å²) in [5, 5.41) is 0. The number of nitrogens with zero attached hydrogens (tertiary/aromatic N) is 1. The summed E-state index contributed by atoms with van der Waals surface area (Å²) in [6, 6.07) is 19.9. The number of aryl methyl sites for hydroxylation is 1. The SMILES string of the molecule is COc1ccc(S(=O)(=O)N(Cc2ccc3c(c2)C=CC(C)(C)O3)c2ccccc2)cc1C. The van der Waals surface area contributed by atoms with Crippen molar-refractivity contribution in [3.8, 4) is 11.5 Å². The van der Waals surface area contributed by atoms with Crippen molar-refractivity contribution in [1.29, 1.82) is 0 Å². The van der Waals surface area contributed by atoms with E-state index in [1.54, 1.807) is 37.4 Å². The molecule has 1 aliphatic rings. The van der Waals surface area contributed by atoms with E-state index in [9.17, 15) is 8.42 Å². The standard InChI is InChI=1S/C26H27NO4S/c1-19-16-23(11-13-24(19)30-4)32(28,29)27(22-8-6-5-7-9-22)18-20-10-12-25-21(17-20)14-15-26(2,3)31-25/h5-17H,18H2,1-4H3. The van der Waals surface area contributed by atoms with E-state index in [1.165, 1.54) is 4.31 Å². The van der Waals surface area contributed by atoms with Crippen molar-refractivity contribution in [2.24, 2.45) is 0 Å². The number of fused-ring (bicyclic) bond motifs is 1. The fourth-order valence-electron chi connectivity index (χ4n) is 3.74. The minimum Gasteiger partial charge on any atom is -0.496 e. The minimum atomic E-state index is -3.81. The van der Waals surface area contributed by atoms with Crippen molar-refractivity contribution >= 4 is 21.8 Å². The van der Waals surface area contributed by atoms with Gasteiger partial charge in [0.1, 0.15) is 17.1 Å². The highest BCUT2D eigenvalue weighted by atomic mass is 32.2. The molecule has 1 heterocycles. The molecule has 0 atom stereocenters. The Morgan fingerprint density at radius 2 is 1.75 bits per heavy atom. The van der Waals surface area contributed by atoms with Crippen LogP contribution in [-0.2, 0) is 16.6 Å². The molecule has 4 rings (SSSR count). The lowest BCUT2D eigenvalue weighted by Crippen LogP contribution is -2.31. The van der Waals surface area contributed by atoms with Crippen LogP contribution in [0.3, 0.4) is 0 Å². The first kappa shape index (κ1) is 22.0. The molecule has 166 valence electrons. The molecule has 5 nitrogen and oxygen atoms in total. The molecule has 0 spiro atoms. The number of hydrogen-bond donors (Lipinski definition) is 0. The number of benzene rings is 3. The van der Waals surface area contributed by atoms with Gasteiger partial charge < -0.3 is 9.47 Å². The molecule has 0 amide bonds. The smallest absolute Gasteiger partial charge is 0.264 e. The van der Waals surface area contributed by atoms with Gasteiger partial charge in [-0.1, -0.05) is 30.3 Å². The maximum atomic E-state index is 13.7. The van der Waals surface area contributed by atoms with E-state index in [1.807, 2.05) is 69.3 Å². The lowest BCUT2D eigenvalue weighted by atomic mass is 10.0. The van der Waals surface area contributed by atoms with Gasteiger partial charge in [-0.3, -0.25) is 4.31 Å². The molecule has 0 radical (unpaired) electrons. The third-order valence-corrected chi connectivity index (χ3v) is 7.21. The van der Waals surface area contributed by atoms with Crippen molar-refractivity contribution in [3.63, 3.8) is 0 Å². The Morgan fingerprint density at radius 3 is 2.44 bits per heavy atom. The largest absolute Gasteiger partial charge is 0.496 e. The Bertz CT molecular complexity index is 1260. The third-order valence-electron chi connectivity index (χ3n) is 5.44. The van der Waals surface area contributed by atoms with Gasteiger partial charge in [0.25, 0.3) is 10.0 Å². The quantitative estimate of drug-likeness (QED) is 0.493. The molecule has 0 aliphatic carbocycles. The summed E-state index contributed by atoms with van der Waals surface area (Å²) in [6.45, 7) is 6.03. The van der Waals surface area contributed by atoms with Crippen LogP contribution in [0.15, 0.2) is 77.7 Å². The number of hydrogen-bond acceptors (Lipinski definition) is 4. The Kier molecular flexibility index (Phi) is 5.73. The second-order valence-electron chi connectivity index (χ2n) is 8.39. The zero-order valence-electron chi connectivity index (χ0n) is 18.7. The monoisotopic (exact) mass is 449 g/mol. The maximum Gasteiger partial charge on any atom is 0.264 e. The highest BCUT2D eigenvalue weighted by molar-refractivity contribution is 7.92. The molecule has 0 aromatic heterocycles. The Hall–Kier alpha value is -3.25. The molecular formula is C26H27NO4S. The number of ether oxygens (including phenoxy) is 2. The van der Waals surface area contributed by atoms with Crippen LogP contribution in [-0.4, -0.2) is 21.1 Å². The van der Waals surface area contributed by atoms with Crippen LogP contribution in [0.2, 0.25) is 0 Å². The van der Waals surface area contributed by atoms with E-state index in [-0.39, 0.29) is 17.0 Å². The molecule has 6 heteroatoms. The number of methoxy groups -OCH3 is 1. The van der Waals surface area contributed by atoms with E-state index < -0.39 is 10.0 Å². The van der Waals surface area contributed by atoms with Gasteiger partial charge in [0.15, 0.2) is 0 Å². The van der Waals surface area contributed by atoms with E-state index in [4.69, 9.17) is 9.47 Å². The summed E-state index contributed by atoms with van der Waals surface area (Å²) in [4.78, 5) is 0.225. The lowest BCUT2D eigenvalue weighted by molar-refractivity contribution is 0.159. The zero-order chi connectivity index (χ0) is 22.9. The molecule has 3 aromatic rings. The van der Waals surface area contributed by atoms with Gasteiger partial charge in [-0.2, -0.15) is 0 Å².